The van der Waals surface area contributed by atoms with Gasteiger partial charge in [-0.05, 0) is 26.4 Å². The van der Waals surface area contributed by atoms with Gasteiger partial charge in [0, 0.05) is 44.2 Å². The molecule has 1 aromatic heterocycles. The summed E-state index contributed by atoms with van der Waals surface area (Å²) in [5, 5.41) is 3.46. The fourth-order valence-corrected chi connectivity index (χ4v) is 3.57. The molecule has 0 unspecified atom stereocenters. The van der Waals surface area contributed by atoms with Crippen molar-refractivity contribution in [3.8, 4) is 0 Å². The van der Waals surface area contributed by atoms with E-state index in [1.54, 1.807) is 0 Å². The molecule has 0 bridgehead atoms. The summed E-state index contributed by atoms with van der Waals surface area (Å²) in [5.41, 5.74) is 2.83. The van der Waals surface area contributed by atoms with E-state index in [4.69, 9.17) is 4.98 Å². The Kier molecular flexibility index (Phi) is 4.41. The predicted octanol–water partition coefficient (Wildman–Crippen LogP) is 2.14. The van der Waals surface area contributed by atoms with Crippen molar-refractivity contribution in [3.05, 3.63) is 17.2 Å². The molecule has 4 heteroatoms. The maximum Gasteiger partial charge on any atom is 0.112 e. The molecular formula is C16H28N4. The molecule has 1 saturated carbocycles. The number of likely N-dealkylation sites (N-methyl/N-ethyl adjacent to an activating group) is 1. The maximum atomic E-state index is 5.02. The summed E-state index contributed by atoms with van der Waals surface area (Å²) in [6.45, 7) is 7.66. The molecule has 0 radical (unpaired) electrons. The highest BCUT2D eigenvalue weighted by Gasteiger charge is 2.26. The van der Waals surface area contributed by atoms with Crippen LogP contribution in [-0.4, -0.2) is 41.1 Å². The number of nitrogens with one attached hydrogen (secondary N) is 1. The quantitative estimate of drug-likeness (QED) is 0.894. The summed E-state index contributed by atoms with van der Waals surface area (Å²) in [6, 6.07) is 0. The van der Waals surface area contributed by atoms with Crippen LogP contribution in [0.25, 0.3) is 0 Å². The second-order valence-electron chi connectivity index (χ2n) is 6.32. The van der Waals surface area contributed by atoms with Gasteiger partial charge in [-0.2, -0.15) is 0 Å². The minimum Gasteiger partial charge on any atom is -0.330 e. The minimum atomic E-state index is 0.715. The second kappa shape index (κ2) is 6.27. The average Bonchev–Trinajstić information content (AvgIpc) is 3.11. The molecule has 0 aromatic carbocycles. The molecule has 2 heterocycles. The molecule has 0 amide bonds. The Morgan fingerprint density at radius 2 is 2.15 bits per heavy atom. The zero-order chi connectivity index (χ0) is 13.9. The number of imidazole rings is 1. The van der Waals surface area contributed by atoms with Crippen LogP contribution in [0.2, 0.25) is 0 Å². The van der Waals surface area contributed by atoms with Crippen LogP contribution in [0.5, 0.6) is 0 Å². The van der Waals surface area contributed by atoms with Crippen LogP contribution in [0, 0.1) is 0 Å². The van der Waals surface area contributed by atoms with Crippen molar-refractivity contribution in [2.75, 3.05) is 26.7 Å². The lowest BCUT2D eigenvalue weighted by Crippen LogP contribution is -2.28. The van der Waals surface area contributed by atoms with Crippen molar-refractivity contribution in [1.82, 2.24) is 19.8 Å². The highest BCUT2D eigenvalue weighted by atomic mass is 15.2. The Hall–Kier alpha value is -0.870. The molecule has 1 aliphatic heterocycles. The SMILES string of the molecule is CCN(C)CCn1c(C2CCCC2)nc2c1CCNC2. The highest BCUT2D eigenvalue weighted by molar-refractivity contribution is 5.22. The van der Waals surface area contributed by atoms with Gasteiger partial charge in [-0.15, -0.1) is 0 Å². The van der Waals surface area contributed by atoms with Crippen LogP contribution in [0.15, 0.2) is 0 Å². The molecule has 0 saturated heterocycles. The highest BCUT2D eigenvalue weighted by Crippen LogP contribution is 2.35. The molecule has 0 spiro atoms. The molecule has 2 aliphatic rings. The number of hydrogen-bond acceptors (Lipinski definition) is 3. The van der Waals surface area contributed by atoms with Gasteiger partial charge in [0.1, 0.15) is 5.82 Å². The Balaban J connectivity index is 1.85. The first-order valence-electron chi connectivity index (χ1n) is 8.27. The number of hydrogen-bond donors (Lipinski definition) is 1. The van der Waals surface area contributed by atoms with E-state index in [9.17, 15) is 0 Å². The van der Waals surface area contributed by atoms with Gasteiger partial charge in [0.25, 0.3) is 0 Å². The third-order valence-electron chi connectivity index (χ3n) is 4.98. The van der Waals surface area contributed by atoms with E-state index >= 15 is 0 Å². The monoisotopic (exact) mass is 276 g/mol. The molecule has 3 rings (SSSR count). The van der Waals surface area contributed by atoms with E-state index in [-0.39, 0.29) is 0 Å². The summed E-state index contributed by atoms with van der Waals surface area (Å²) in [6.07, 6.45) is 6.59. The van der Waals surface area contributed by atoms with Gasteiger partial charge in [-0.1, -0.05) is 19.8 Å². The summed E-state index contributed by atoms with van der Waals surface area (Å²) in [5.74, 6) is 2.10. The smallest absolute Gasteiger partial charge is 0.112 e. The number of aromatic nitrogens is 2. The molecule has 0 atom stereocenters. The van der Waals surface area contributed by atoms with Crippen molar-refractivity contribution in [1.29, 1.82) is 0 Å². The Bertz CT molecular complexity index is 446. The van der Waals surface area contributed by atoms with Crippen LogP contribution in [0.3, 0.4) is 0 Å². The number of rotatable bonds is 5. The van der Waals surface area contributed by atoms with E-state index in [0.29, 0.717) is 5.92 Å². The standard InChI is InChI=1S/C16H28N4/c1-3-19(2)10-11-20-15-8-9-17-12-14(15)18-16(20)13-6-4-5-7-13/h13,17H,3-12H2,1-2H3. The molecule has 1 N–H and O–H groups in total. The summed E-state index contributed by atoms with van der Waals surface area (Å²) < 4.78 is 2.57. The van der Waals surface area contributed by atoms with Gasteiger partial charge in [0.15, 0.2) is 0 Å². The zero-order valence-corrected chi connectivity index (χ0v) is 13.0. The van der Waals surface area contributed by atoms with Gasteiger partial charge >= 0.3 is 0 Å². The molecule has 1 fully saturated rings. The lowest BCUT2D eigenvalue weighted by molar-refractivity contribution is 0.329. The van der Waals surface area contributed by atoms with Crippen molar-refractivity contribution in [3.63, 3.8) is 0 Å². The fraction of sp³-hybridized carbons (Fsp3) is 0.812. The average molecular weight is 276 g/mol. The van der Waals surface area contributed by atoms with Crippen LogP contribution in [0.1, 0.15) is 55.7 Å². The number of nitrogens with zero attached hydrogens (tertiary/aromatic N) is 3. The zero-order valence-electron chi connectivity index (χ0n) is 13.0. The predicted molar refractivity (Wildman–Crippen MR) is 82.0 cm³/mol. The largest absolute Gasteiger partial charge is 0.330 e. The minimum absolute atomic E-state index is 0.715. The van der Waals surface area contributed by atoms with E-state index in [1.165, 1.54) is 42.9 Å². The lowest BCUT2D eigenvalue weighted by Gasteiger charge is -2.20. The van der Waals surface area contributed by atoms with Crippen LogP contribution < -0.4 is 5.32 Å². The van der Waals surface area contributed by atoms with Gasteiger partial charge in [0.05, 0.1) is 5.69 Å². The first-order chi connectivity index (χ1) is 9.79. The van der Waals surface area contributed by atoms with Crippen LogP contribution in [-0.2, 0) is 19.5 Å². The maximum absolute atomic E-state index is 5.02. The van der Waals surface area contributed by atoms with E-state index in [0.717, 1.165) is 39.1 Å². The molecule has 112 valence electrons. The van der Waals surface area contributed by atoms with Gasteiger partial charge in [0.2, 0.25) is 0 Å². The normalized spacial score (nSPS) is 19.8. The van der Waals surface area contributed by atoms with Gasteiger partial charge in [-0.3, -0.25) is 0 Å². The topological polar surface area (TPSA) is 33.1 Å². The molecule has 1 aromatic rings. The van der Waals surface area contributed by atoms with Crippen molar-refractivity contribution < 1.29 is 0 Å². The Morgan fingerprint density at radius 3 is 2.90 bits per heavy atom. The molecule has 1 aliphatic carbocycles. The molecule has 20 heavy (non-hydrogen) atoms. The third kappa shape index (κ3) is 2.77. The van der Waals surface area contributed by atoms with Crippen molar-refractivity contribution in [2.24, 2.45) is 0 Å². The molecule has 4 nitrogen and oxygen atoms in total. The van der Waals surface area contributed by atoms with Crippen LogP contribution in [0.4, 0.5) is 0 Å². The Morgan fingerprint density at radius 1 is 1.35 bits per heavy atom. The second-order valence-corrected chi connectivity index (χ2v) is 6.32. The lowest BCUT2D eigenvalue weighted by atomic mass is 10.1. The Labute approximate surface area is 122 Å². The van der Waals surface area contributed by atoms with Crippen molar-refractivity contribution >= 4 is 0 Å². The van der Waals surface area contributed by atoms with Crippen LogP contribution >= 0.6 is 0 Å². The van der Waals surface area contributed by atoms with Gasteiger partial charge < -0.3 is 14.8 Å². The summed E-state index contributed by atoms with van der Waals surface area (Å²) >= 11 is 0. The summed E-state index contributed by atoms with van der Waals surface area (Å²) in [7, 11) is 2.21. The molecular weight excluding hydrogens is 248 g/mol. The van der Waals surface area contributed by atoms with E-state index in [2.05, 4.69) is 28.8 Å². The van der Waals surface area contributed by atoms with E-state index < -0.39 is 0 Å². The first kappa shape index (κ1) is 14.1. The first-order valence-corrected chi connectivity index (χ1v) is 8.27. The van der Waals surface area contributed by atoms with Crippen molar-refractivity contribution in [2.45, 2.75) is 58.0 Å². The van der Waals surface area contributed by atoms with Gasteiger partial charge in [-0.25, -0.2) is 4.98 Å². The van der Waals surface area contributed by atoms with E-state index in [1.807, 2.05) is 0 Å². The fourth-order valence-electron chi connectivity index (χ4n) is 3.57. The third-order valence-corrected chi connectivity index (χ3v) is 4.98. The number of fused-ring (bicyclic) bond motifs is 1. The summed E-state index contributed by atoms with van der Waals surface area (Å²) in [4.78, 5) is 7.41.